The number of esters is 1. The summed E-state index contributed by atoms with van der Waals surface area (Å²) in [5.41, 5.74) is 2.93. The van der Waals surface area contributed by atoms with Crippen LogP contribution in [-0.2, 0) is 4.79 Å². The Morgan fingerprint density at radius 2 is 2.16 bits per heavy atom. The third kappa shape index (κ3) is 2.14. The largest absolute Gasteiger partial charge is 0.422 e. The second-order valence-corrected chi connectivity index (χ2v) is 5.39. The second-order valence-electron chi connectivity index (χ2n) is 5.39. The van der Waals surface area contributed by atoms with Gasteiger partial charge in [-0.1, -0.05) is 18.2 Å². The zero-order valence-corrected chi connectivity index (χ0v) is 11.5. The molecule has 1 aromatic rings. The van der Waals surface area contributed by atoms with Crippen molar-refractivity contribution < 1.29 is 9.53 Å². The van der Waals surface area contributed by atoms with Crippen LogP contribution in [0.5, 0.6) is 5.75 Å². The highest BCUT2D eigenvalue weighted by molar-refractivity contribution is 5.90. The fourth-order valence-corrected chi connectivity index (χ4v) is 2.78. The van der Waals surface area contributed by atoms with Crippen LogP contribution in [0.1, 0.15) is 30.4 Å². The summed E-state index contributed by atoms with van der Waals surface area (Å²) in [5, 5.41) is 0. The topological polar surface area (TPSA) is 29.5 Å². The van der Waals surface area contributed by atoms with Crippen molar-refractivity contribution in [3.05, 3.63) is 41.1 Å². The third-order valence-electron chi connectivity index (χ3n) is 4.26. The van der Waals surface area contributed by atoms with E-state index in [1.54, 1.807) is 0 Å². The highest BCUT2D eigenvalue weighted by atomic mass is 16.5. The Morgan fingerprint density at radius 3 is 2.89 bits per heavy atom. The molecule has 0 aliphatic carbocycles. The summed E-state index contributed by atoms with van der Waals surface area (Å²) in [5.74, 6) is 0.464. The van der Waals surface area contributed by atoms with Crippen LogP contribution in [0.3, 0.4) is 0 Å². The van der Waals surface area contributed by atoms with Gasteiger partial charge in [0.25, 0.3) is 0 Å². The zero-order chi connectivity index (χ0) is 13.4. The average molecular weight is 257 g/mol. The Balaban J connectivity index is 1.78. The predicted octanol–water partition coefficient (Wildman–Crippen LogP) is 2.96. The summed E-state index contributed by atoms with van der Waals surface area (Å²) in [6.45, 7) is 5.00. The number of carbonyl (C=O) groups excluding carboxylic acids is 1. The molecule has 3 heteroatoms. The minimum absolute atomic E-state index is 0.210. The van der Waals surface area contributed by atoms with Gasteiger partial charge in [0.15, 0.2) is 0 Å². The molecule has 1 atom stereocenters. The minimum atomic E-state index is -0.210. The van der Waals surface area contributed by atoms with Crippen LogP contribution in [0.2, 0.25) is 0 Å². The van der Waals surface area contributed by atoms with Crippen molar-refractivity contribution in [1.82, 2.24) is 4.90 Å². The molecule has 1 unspecified atom stereocenters. The molecular weight excluding hydrogens is 238 g/mol. The van der Waals surface area contributed by atoms with Crippen LogP contribution in [0, 0.1) is 13.8 Å². The second kappa shape index (κ2) is 4.72. The van der Waals surface area contributed by atoms with Gasteiger partial charge in [0.1, 0.15) is 11.4 Å². The lowest BCUT2D eigenvalue weighted by Gasteiger charge is -2.45. The minimum Gasteiger partial charge on any atom is -0.422 e. The molecule has 2 heterocycles. The fourth-order valence-electron chi connectivity index (χ4n) is 2.78. The molecule has 100 valence electrons. The van der Waals surface area contributed by atoms with Crippen LogP contribution < -0.4 is 4.74 Å². The molecule has 0 saturated carbocycles. The van der Waals surface area contributed by atoms with Gasteiger partial charge in [0.2, 0.25) is 0 Å². The van der Waals surface area contributed by atoms with Crippen molar-refractivity contribution in [3.63, 3.8) is 0 Å². The molecule has 0 amide bonds. The maximum Gasteiger partial charge on any atom is 0.359 e. The Labute approximate surface area is 113 Å². The highest BCUT2D eigenvalue weighted by Gasteiger charge is 2.35. The van der Waals surface area contributed by atoms with E-state index in [1.807, 2.05) is 38.1 Å². The van der Waals surface area contributed by atoms with Crippen molar-refractivity contribution in [2.24, 2.45) is 0 Å². The van der Waals surface area contributed by atoms with E-state index in [9.17, 15) is 4.79 Å². The molecule has 0 aromatic heterocycles. The molecule has 3 rings (SSSR count). The molecule has 2 aliphatic rings. The molecule has 0 bridgehead atoms. The SMILES string of the molecule is Cc1cccc(OC(=O)C2=CCCC3CCN23)c1C. The van der Waals surface area contributed by atoms with E-state index >= 15 is 0 Å². The van der Waals surface area contributed by atoms with Gasteiger partial charge in [-0.05, 0) is 50.3 Å². The van der Waals surface area contributed by atoms with Gasteiger partial charge in [0.05, 0.1) is 0 Å². The van der Waals surface area contributed by atoms with E-state index in [-0.39, 0.29) is 5.97 Å². The average Bonchev–Trinajstić information content (AvgIpc) is 2.36. The molecule has 0 N–H and O–H groups in total. The van der Waals surface area contributed by atoms with Crippen LogP contribution in [0.4, 0.5) is 0 Å². The molecule has 19 heavy (non-hydrogen) atoms. The summed E-state index contributed by atoms with van der Waals surface area (Å²) in [4.78, 5) is 14.5. The number of ether oxygens (including phenoxy) is 1. The third-order valence-corrected chi connectivity index (χ3v) is 4.26. The van der Waals surface area contributed by atoms with E-state index in [2.05, 4.69) is 4.90 Å². The molecule has 1 fully saturated rings. The maximum absolute atomic E-state index is 12.3. The van der Waals surface area contributed by atoms with E-state index in [1.165, 1.54) is 12.8 Å². The van der Waals surface area contributed by atoms with Gasteiger partial charge < -0.3 is 9.64 Å². The fraction of sp³-hybridized carbons (Fsp3) is 0.438. The summed E-state index contributed by atoms with van der Waals surface area (Å²) in [6.07, 6.45) is 5.37. The van der Waals surface area contributed by atoms with E-state index in [0.29, 0.717) is 11.8 Å². The first-order chi connectivity index (χ1) is 9.16. The van der Waals surface area contributed by atoms with Gasteiger partial charge in [-0.25, -0.2) is 4.79 Å². The van der Waals surface area contributed by atoms with Crippen molar-refractivity contribution in [2.45, 2.75) is 39.2 Å². The van der Waals surface area contributed by atoms with E-state index in [4.69, 9.17) is 4.74 Å². The molecule has 2 aliphatic heterocycles. The van der Waals surface area contributed by atoms with E-state index in [0.717, 1.165) is 29.8 Å². The zero-order valence-electron chi connectivity index (χ0n) is 11.5. The molecule has 3 nitrogen and oxygen atoms in total. The Morgan fingerprint density at radius 1 is 1.32 bits per heavy atom. The van der Waals surface area contributed by atoms with Crippen molar-refractivity contribution in [2.75, 3.05) is 6.54 Å². The van der Waals surface area contributed by atoms with Crippen molar-refractivity contribution in [1.29, 1.82) is 0 Å². The Bertz CT molecular complexity index is 548. The number of benzene rings is 1. The van der Waals surface area contributed by atoms with Gasteiger partial charge in [0, 0.05) is 12.6 Å². The molecule has 0 spiro atoms. The Kier molecular flexibility index (Phi) is 3.05. The highest BCUT2D eigenvalue weighted by Crippen LogP contribution is 2.32. The number of allylic oxidation sites excluding steroid dienone is 1. The first-order valence-electron chi connectivity index (χ1n) is 6.92. The normalized spacial score (nSPS) is 21.3. The lowest BCUT2D eigenvalue weighted by molar-refractivity contribution is -0.133. The summed E-state index contributed by atoms with van der Waals surface area (Å²) in [7, 11) is 0. The lowest BCUT2D eigenvalue weighted by Crippen LogP contribution is -2.50. The van der Waals surface area contributed by atoms with Gasteiger partial charge in [-0.15, -0.1) is 0 Å². The van der Waals surface area contributed by atoms with Gasteiger partial charge >= 0.3 is 5.97 Å². The smallest absolute Gasteiger partial charge is 0.359 e. The number of fused-ring (bicyclic) bond motifs is 1. The number of hydrogen-bond donors (Lipinski definition) is 0. The number of carbonyl (C=O) groups is 1. The predicted molar refractivity (Wildman–Crippen MR) is 74.0 cm³/mol. The van der Waals surface area contributed by atoms with Gasteiger partial charge in [-0.2, -0.15) is 0 Å². The number of hydrogen-bond acceptors (Lipinski definition) is 3. The standard InChI is InChI=1S/C16H19NO2/c1-11-5-3-8-15(12(11)2)19-16(18)14-7-4-6-13-9-10-17(13)14/h3,5,7-8,13H,4,6,9-10H2,1-2H3. The maximum atomic E-state index is 12.3. The van der Waals surface area contributed by atoms with Crippen LogP contribution in [0.25, 0.3) is 0 Å². The molecule has 1 saturated heterocycles. The first kappa shape index (κ1) is 12.3. The number of nitrogens with zero attached hydrogens (tertiary/aromatic N) is 1. The van der Waals surface area contributed by atoms with Crippen molar-refractivity contribution >= 4 is 5.97 Å². The monoisotopic (exact) mass is 257 g/mol. The van der Waals surface area contributed by atoms with Gasteiger partial charge in [-0.3, -0.25) is 0 Å². The summed E-state index contributed by atoms with van der Waals surface area (Å²) >= 11 is 0. The number of aryl methyl sites for hydroxylation is 1. The van der Waals surface area contributed by atoms with Crippen molar-refractivity contribution in [3.8, 4) is 5.75 Å². The Hall–Kier alpha value is -1.77. The number of rotatable bonds is 2. The quantitative estimate of drug-likeness (QED) is 0.602. The van der Waals surface area contributed by atoms with Crippen LogP contribution in [-0.4, -0.2) is 23.5 Å². The molecule has 0 radical (unpaired) electrons. The summed E-state index contributed by atoms with van der Waals surface area (Å²) < 4.78 is 5.57. The van der Waals surface area contributed by atoms with Crippen LogP contribution >= 0.6 is 0 Å². The molecule has 1 aromatic carbocycles. The first-order valence-corrected chi connectivity index (χ1v) is 6.92. The lowest BCUT2D eigenvalue weighted by atomic mass is 9.92. The molecular formula is C16H19NO2. The summed E-state index contributed by atoms with van der Waals surface area (Å²) in [6, 6.07) is 6.37. The van der Waals surface area contributed by atoms with Crippen LogP contribution in [0.15, 0.2) is 30.0 Å². The van der Waals surface area contributed by atoms with E-state index < -0.39 is 0 Å².